The van der Waals surface area contributed by atoms with Crippen molar-refractivity contribution in [3.63, 3.8) is 0 Å². The summed E-state index contributed by atoms with van der Waals surface area (Å²) in [5, 5.41) is 8.12. The van der Waals surface area contributed by atoms with E-state index in [0.29, 0.717) is 13.0 Å². The number of amides is 1. The van der Waals surface area contributed by atoms with E-state index >= 15 is 0 Å². The van der Waals surface area contributed by atoms with Crippen LogP contribution in [0.2, 0.25) is 0 Å². The third-order valence-electron chi connectivity index (χ3n) is 6.84. The minimum Gasteiger partial charge on any atom is -0.368 e. The molecule has 4 aromatic carbocycles. The predicted molar refractivity (Wildman–Crippen MR) is 152 cm³/mol. The van der Waals surface area contributed by atoms with Gasteiger partial charge < -0.3 is 10.6 Å². The molecule has 194 valence electrons. The Morgan fingerprint density at radius 2 is 1.63 bits per heavy atom. The second-order valence-corrected chi connectivity index (χ2v) is 11.6. The van der Waals surface area contributed by atoms with Gasteiger partial charge >= 0.3 is 0 Å². The van der Waals surface area contributed by atoms with Gasteiger partial charge in [0.2, 0.25) is 5.91 Å². The molecule has 1 aliphatic rings. The molecule has 2 N–H and O–H groups in total. The fourth-order valence-electron chi connectivity index (χ4n) is 4.78. The van der Waals surface area contributed by atoms with E-state index in [4.69, 9.17) is 0 Å². The quantitative estimate of drug-likeness (QED) is 0.319. The molecular weight excluding hydrogens is 494 g/mol. The minimum absolute atomic E-state index is 0.0985. The maximum absolute atomic E-state index is 13.4. The molecule has 0 saturated heterocycles. The lowest BCUT2D eigenvalue weighted by molar-refractivity contribution is -0.121. The van der Waals surface area contributed by atoms with Gasteiger partial charge in [0.05, 0.1) is 17.2 Å². The number of hydrogen-bond acceptors (Lipinski definition) is 5. The summed E-state index contributed by atoms with van der Waals surface area (Å²) in [4.78, 5) is 17.6. The van der Waals surface area contributed by atoms with E-state index in [1.54, 1.807) is 12.1 Å². The average Bonchev–Trinajstić information content (AvgIpc) is 3.48. The smallest absolute Gasteiger partial charge is 0.220 e. The van der Waals surface area contributed by atoms with Crippen molar-refractivity contribution >= 4 is 32.4 Å². The molecule has 4 aromatic rings. The minimum atomic E-state index is -3.61. The first-order valence-corrected chi connectivity index (χ1v) is 14.5. The number of aliphatic imine (C=N–C) groups is 1. The molecule has 0 radical (unpaired) electrons. The Bertz CT molecular complexity index is 1550. The molecule has 0 fully saturated rings. The molecule has 1 amide bonds. The highest BCUT2D eigenvalue weighted by molar-refractivity contribution is 7.91. The number of sulfone groups is 1. The van der Waals surface area contributed by atoms with Crippen LogP contribution in [0.4, 0.5) is 0 Å². The normalized spacial score (nSPS) is 14.1. The Kier molecular flexibility index (Phi) is 7.84. The van der Waals surface area contributed by atoms with Crippen LogP contribution in [0.3, 0.4) is 0 Å². The highest BCUT2D eigenvalue weighted by Crippen LogP contribution is 2.27. The van der Waals surface area contributed by atoms with Gasteiger partial charge in [-0.2, -0.15) is 0 Å². The lowest BCUT2D eigenvalue weighted by Crippen LogP contribution is -2.29. The van der Waals surface area contributed by atoms with Crippen LogP contribution in [0, 0.1) is 0 Å². The molecule has 1 atom stereocenters. The molecule has 0 spiro atoms. The number of hydrogen-bond donors (Lipinski definition) is 2. The summed E-state index contributed by atoms with van der Waals surface area (Å²) in [5.41, 5.74) is 3.02. The maximum atomic E-state index is 13.4. The second-order valence-electron chi connectivity index (χ2n) is 9.56. The first-order chi connectivity index (χ1) is 18.5. The summed E-state index contributed by atoms with van der Waals surface area (Å²) >= 11 is 0. The van der Waals surface area contributed by atoms with Crippen molar-refractivity contribution in [3.8, 4) is 0 Å². The Morgan fingerprint density at radius 3 is 2.37 bits per heavy atom. The van der Waals surface area contributed by atoms with Crippen molar-refractivity contribution in [2.75, 3.05) is 25.4 Å². The zero-order chi connectivity index (χ0) is 26.4. The van der Waals surface area contributed by atoms with Gasteiger partial charge in [0, 0.05) is 31.0 Å². The van der Waals surface area contributed by atoms with Crippen LogP contribution in [-0.4, -0.2) is 45.5 Å². The summed E-state index contributed by atoms with van der Waals surface area (Å²) in [5.74, 6) is 0.179. The van der Waals surface area contributed by atoms with Crippen LogP contribution in [0.1, 0.15) is 29.0 Å². The molecule has 0 aliphatic carbocycles. The summed E-state index contributed by atoms with van der Waals surface area (Å²) < 4.78 is 26.8. The lowest BCUT2D eigenvalue weighted by Gasteiger charge is -2.18. The van der Waals surface area contributed by atoms with Crippen molar-refractivity contribution in [2.45, 2.75) is 23.7 Å². The fraction of sp³-hybridized carbons (Fsp3) is 0.226. The van der Waals surface area contributed by atoms with E-state index in [9.17, 15) is 13.2 Å². The van der Waals surface area contributed by atoms with Crippen molar-refractivity contribution in [3.05, 3.63) is 114 Å². The number of fused-ring (bicyclic) bond motifs is 1. The molecule has 38 heavy (non-hydrogen) atoms. The maximum Gasteiger partial charge on any atom is 0.220 e. The second kappa shape index (κ2) is 11.6. The van der Waals surface area contributed by atoms with E-state index in [1.807, 2.05) is 84.9 Å². The Balaban J connectivity index is 1.23. The summed E-state index contributed by atoms with van der Waals surface area (Å²) in [6.45, 7) is 2.16. The van der Waals surface area contributed by atoms with Gasteiger partial charge in [-0.05, 0) is 40.5 Å². The first-order valence-electron chi connectivity index (χ1n) is 12.9. The van der Waals surface area contributed by atoms with E-state index in [-0.39, 0.29) is 23.0 Å². The zero-order valence-electron chi connectivity index (χ0n) is 21.1. The molecule has 0 aromatic heterocycles. The largest absolute Gasteiger partial charge is 0.368 e. The third kappa shape index (κ3) is 6.29. The van der Waals surface area contributed by atoms with Gasteiger partial charge in [-0.3, -0.25) is 9.79 Å². The predicted octanol–water partition coefficient (Wildman–Crippen LogP) is 4.50. The fourth-order valence-corrected chi connectivity index (χ4v) is 6.40. The van der Waals surface area contributed by atoms with Crippen molar-refractivity contribution in [1.29, 1.82) is 0 Å². The van der Waals surface area contributed by atoms with Crippen molar-refractivity contribution < 1.29 is 13.2 Å². The summed E-state index contributed by atoms with van der Waals surface area (Å²) in [6, 6.07) is 30.5. The summed E-state index contributed by atoms with van der Waals surface area (Å²) in [7, 11) is -3.61. The molecule has 0 saturated carbocycles. The van der Waals surface area contributed by atoms with Gasteiger partial charge in [-0.1, -0.05) is 84.9 Å². The number of amidine groups is 1. The van der Waals surface area contributed by atoms with Gasteiger partial charge in [-0.25, -0.2) is 8.42 Å². The van der Waals surface area contributed by atoms with Crippen LogP contribution < -0.4 is 10.6 Å². The monoisotopic (exact) mass is 525 g/mol. The standard InChI is InChI=1S/C31H31N3O3S/c35-30(32-17-16-23-10-12-26(13-11-23)31-33-18-19-34-31)21-28(24-6-2-1-3-7-24)22-38(36,37)29-15-14-25-8-4-5-9-27(25)20-29/h1-15,20,28H,16-19,21-22H2,(H,32,35)(H,33,34). The van der Waals surface area contributed by atoms with Gasteiger partial charge in [0.25, 0.3) is 0 Å². The van der Waals surface area contributed by atoms with Gasteiger partial charge in [-0.15, -0.1) is 0 Å². The van der Waals surface area contributed by atoms with Crippen molar-refractivity contribution in [1.82, 2.24) is 10.6 Å². The third-order valence-corrected chi connectivity index (χ3v) is 8.65. The van der Waals surface area contributed by atoms with Crippen LogP contribution in [0.5, 0.6) is 0 Å². The zero-order valence-corrected chi connectivity index (χ0v) is 22.0. The number of benzene rings is 4. The van der Waals surface area contributed by atoms with E-state index < -0.39 is 15.8 Å². The van der Waals surface area contributed by atoms with Crippen LogP contribution >= 0.6 is 0 Å². The molecule has 0 bridgehead atoms. The molecule has 1 unspecified atom stereocenters. The number of rotatable bonds is 10. The highest BCUT2D eigenvalue weighted by atomic mass is 32.2. The molecule has 1 heterocycles. The van der Waals surface area contributed by atoms with E-state index in [0.717, 1.165) is 46.4 Å². The Hall–Kier alpha value is -3.97. The molecule has 6 nitrogen and oxygen atoms in total. The molecule has 5 rings (SSSR count). The molecular formula is C31H31N3O3S. The first kappa shape index (κ1) is 25.7. The number of nitrogens with one attached hydrogen (secondary N) is 2. The van der Waals surface area contributed by atoms with Crippen LogP contribution in [-0.2, 0) is 21.1 Å². The SMILES string of the molecule is O=C(CC(CS(=O)(=O)c1ccc2ccccc2c1)c1ccccc1)NCCc1ccc(C2=NCCN2)cc1. The van der Waals surface area contributed by atoms with Gasteiger partial charge in [0.1, 0.15) is 5.84 Å². The van der Waals surface area contributed by atoms with Gasteiger partial charge in [0.15, 0.2) is 9.84 Å². The number of nitrogens with zero attached hydrogens (tertiary/aromatic N) is 1. The van der Waals surface area contributed by atoms with E-state index in [1.165, 1.54) is 0 Å². The molecule has 7 heteroatoms. The Morgan fingerprint density at radius 1 is 0.895 bits per heavy atom. The van der Waals surface area contributed by atoms with E-state index in [2.05, 4.69) is 15.6 Å². The number of carbonyl (C=O) groups is 1. The number of carbonyl (C=O) groups excluding carboxylic acids is 1. The topological polar surface area (TPSA) is 87.6 Å². The Labute approximate surface area is 223 Å². The van der Waals surface area contributed by atoms with Crippen LogP contribution in [0.25, 0.3) is 10.8 Å². The molecule has 1 aliphatic heterocycles. The lowest BCUT2D eigenvalue weighted by atomic mass is 9.97. The van der Waals surface area contributed by atoms with Crippen molar-refractivity contribution in [2.24, 2.45) is 4.99 Å². The average molecular weight is 526 g/mol. The highest BCUT2D eigenvalue weighted by Gasteiger charge is 2.25. The van der Waals surface area contributed by atoms with Crippen LogP contribution in [0.15, 0.2) is 107 Å². The summed E-state index contributed by atoms with van der Waals surface area (Å²) in [6.07, 6.45) is 0.790.